The van der Waals surface area contributed by atoms with Crippen LogP contribution in [0.15, 0.2) is 29.8 Å². The molecule has 0 N–H and O–H groups in total. The highest BCUT2D eigenvalue weighted by Gasteiger charge is 2.07. The normalized spacial score (nSPS) is 9.38. The molecule has 0 spiro atoms. The van der Waals surface area contributed by atoms with Gasteiger partial charge in [0.05, 0.1) is 7.11 Å². The fourth-order valence-electron chi connectivity index (χ4n) is 1.07. The second kappa shape index (κ2) is 4.23. The van der Waals surface area contributed by atoms with Crippen molar-refractivity contribution in [2.75, 3.05) is 7.11 Å². The Hall–Kier alpha value is -1.09. The summed E-state index contributed by atoms with van der Waals surface area (Å²) in [6, 6.07) is 5.63. The standard InChI is InChI=1S/C10H10BrNO/c1-7(11)8-5-4-6-9(13-3)10(8)12-2/h4-6H,1-2H2,3H3. The number of aliphatic imine (C=N–C) groups is 1. The van der Waals surface area contributed by atoms with Crippen molar-refractivity contribution in [3.05, 3.63) is 30.3 Å². The second-order valence-corrected chi connectivity index (χ2v) is 3.38. The summed E-state index contributed by atoms with van der Waals surface area (Å²) < 4.78 is 5.90. The van der Waals surface area contributed by atoms with Crippen LogP contribution in [0, 0.1) is 0 Å². The fourth-order valence-corrected chi connectivity index (χ4v) is 1.39. The average molecular weight is 240 g/mol. The van der Waals surface area contributed by atoms with E-state index in [4.69, 9.17) is 4.74 Å². The van der Waals surface area contributed by atoms with Gasteiger partial charge in [-0.2, -0.15) is 0 Å². The van der Waals surface area contributed by atoms with Crippen LogP contribution in [-0.4, -0.2) is 13.8 Å². The van der Waals surface area contributed by atoms with Crippen LogP contribution in [0.3, 0.4) is 0 Å². The Kier molecular flexibility index (Phi) is 3.25. The summed E-state index contributed by atoms with van der Waals surface area (Å²) in [5, 5.41) is 0. The lowest BCUT2D eigenvalue weighted by Crippen LogP contribution is -1.86. The smallest absolute Gasteiger partial charge is 0.145 e. The molecule has 0 aliphatic heterocycles. The third-order valence-electron chi connectivity index (χ3n) is 1.67. The SMILES string of the molecule is C=Nc1c(OC)cccc1C(=C)Br. The fraction of sp³-hybridized carbons (Fsp3) is 0.100. The molecule has 2 nitrogen and oxygen atoms in total. The molecule has 1 aromatic carbocycles. The van der Waals surface area contributed by atoms with Gasteiger partial charge in [-0.25, -0.2) is 0 Å². The Morgan fingerprint density at radius 2 is 2.23 bits per heavy atom. The van der Waals surface area contributed by atoms with Gasteiger partial charge in [0, 0.05) is 10.0 Å². The minimum absolute atomic E-state index is 0.702. The lowest BCUT2D eigenvalue weighted by molar-refractivity contribution is 0.416. The highest BCUT2D eigenvalue weighted by atomic mass is 79.9. The number of benzene rings is 1. The Morgan fingerprint density at radius 3 is 2.69 bits per heavy atom. The topological polar surface area (TPSA) is 21.6 Å². The van der Waals surface area contributed by atoms with E-state index in [-0.39, 0.29) is 0 Å². The van der Waals surface area contributed by atoms with Gasteiger partial charge in [-0.05, 0) is 12.8 Å². The summed E-state index contributed by atoms with van der Waals surface area (Å²) in [5.74, 6) is 0.702. The van der Waals surface area contributed by atoms with E-state index in [1.54, 1.807) is 7.11 Å². The van der Waals surface area contributed by atoms with Gasteiger partial charge in [-0.3, -0.25) is 4.99 Å². The number of halogens is 1. The van der Waals surface area contributed by atoms with Crippen molar-refractivity contribution in [1.29, 1.82) is 0 Å². The van der Waals surface area contributed by atoms with Gasteiger partial charge in [0.15, 0.2) is 0 Å². The molecule has 0 fully saturated rings. The maximum atomic E-state index is 5.13. The number of rotatable bonds is 3. The number of hydrogen-bond acceptors (Lipinski definition) is 2. The van der Waals surface area contributed by atoms with Crippen LogP contribution >= 0.6 is 15.9 Å². The van der Waals surface area contributed by atoms with E-state index in [1.165, 1.54) is 0 Å². The van der Waals surface area contributed by atoms with Crippen LogP contribution < -0.4 is 4.74 Å². The van der Waals surface area contributed by atoms with E-state index >= 15 is 0 Å². The van der Waals surface area contributed by atoms with Gasteiger partial charge in [0.2, 0.25) is 0 Å². The molecule has 1 aromatic rings. The maximum Gasteiger partial charge on any atom is 0.145 e. The van der Waals surface area contributed by atoms with Gasteiger partial charge in [0.1, 0.15) is 11.4 Å². The molecule has 0 amide bonds. The zero-order valence-corrected chi connectivity index (χ0v) is 8.97. The van der Waals surface area contributed by atoms with Crippen molar-refractivity contribution in [3.8, 4) is 5.75 Å². The predicted octanol–water partition coefficient (Wildman–Crippen LogP) is 3.39. The minimum atomic E-state index is 0.702. The molecule has 1 rings (SSSR count). The number of hydrogen-bond donors (Lipinski definition) is 0. The zero-order chi connectivity index (χ0) is 9.84. The van der Waals surface area contributed by atoms with E-state index in [0.717, 1.165) is 10.0 Å². The van der Waals surface area contributed by atoms with Gasteiger partial charge in [0.25, 0.3) is 0 Å². The molecular weight excluding hydrogens is 230 g/mol. The molecule has 0 atom stereocenters. The van der Waals surface area contributed by atoms with Crippen LogP contribution in [-0.2, 0) is 0 Å². The monoisotopic (exact) mass is 239 g/mol. The van der Waals surface area contributed by atoms with Gasteiger partial charge < -0.3 is 4.74 Å². The summed E-state index contributed by atoms with van der Waals surface area (Å²) in [4.78, 5) is 3.90. The maximum absolute atomic E-state index is 5.13. The molecular formula is C10H10BrNO. The third-order valence-corrected chi connectivity index (χ3v) is 2.10. The van der Waals surface area contributed by atoms with Crippen molar-refractivity contribution in [3.63, 3.8) is 0 Å². The molecule has 0 aliphatic carbocycles. The second-order valence-electron chi connectivity index (χ2n) is 2.42. The number of methoxy groups -OCH3 is 1. The van der Waals surface area contributed by atoms with Crippen LogP contribution in [0.5, 0.6) is 5.75 Å². The number of nitrogens with zero attached hydrogens (tertiary/aromatic N) is 1. The van der Waals surface area contributed by atoms with Crippen molar-refractivity contribution < 1.29 is 4.74 Å². The molecule has 0 heterocycles. The summed E-state index contributed by atoms with van der Waals surface area (Å²) in [6.07, 6.45) is 0. The van der Waals surface area contributed by atoms with Crippen molar-refractivity contribution in [1.82, 2.24) is 0 Å². The average Bonchev–Trinajstić information content (AvgIpc) is 2.16. The summed E-state index contributed by atoms with van der Waals surface area (Å²) >= 11 is 3.30. The Balaban J connectivity index is 3.35. The molecule has 0 saturated carbocycles. The first-order valence-corrected chi connectivity index (χ1v) is 4.48. The Morgan fingerprint density at radius 1 is 1.54 bits per heavy atom. The third kappa shape index (κ3) is 1.98. The molecule has 0 aromatic heterocycles. The number of para-hydroxylation sites is 1. The molecule has 0 saturated heterocycles. The summed E-state index contributed by atoms with van der Waals surface area (Å²) in [5.41, 5.74) is 1.61. The van der Waals surface area contributed by atoms with Gasteiger partial charge >= 0.3 is 0 Å². The number of ether oxygens (including phenoxy) is 1. The first-order valence-electron chi connectivity index (χ1n) is 3.69. The Labute approximate surface area is 86.1 Å². The van der Waals surface area contributed by atoms with E-state index < -0.39 is 0 Å². The summed E-state index contributed by atoms with van der Waals surface area (Å²) in [7, 11) is 1.60. The van der Waals surface area contributed by atoms with Crippen molar-refractivity contribution in [2.45, 2.75) is 0 Å². The molecule has 0 aliphatic rings. The van der Waals surface area contributed by atoms with Crippen LogP contribution in [0.2, 0.25) is 0 Å². The highest BCUT2D eigenvalue weighted by Crippen LogP contribution is 2.36. The zero-order valence-electron chi connectivity index (χ0n) is 7.38. The lowest BCUT2D eigenvalue weighted by atomic mass is 10.1. The molecule has 3 heteroatoms. The van der Waals surface area contributed by atoms with E-state index in [2.05, 4.69) is 34.2 Å². The van der Waals surface area contributed by atoms with Gasteiger partial charge in [-0.15, -0.1) is 0 Å². The largest absolute Gasteiger partial charge is 0.494 e. The van der Waals surface area contributed by atoms with Gasteiger partial charge in [-0.1, -0.05) is 34.6 Å². The van der Waals surface area contributed by atoms with Crippen LogP contribution in [0.25, 0.3) is 4.48 Å². The lowest BCUT2D eigenvalue weighted by Gasteiger charge is -2.08. The molecule has 13 heavy (non-hydrogen) atoms. The first-order chi connectivity index (χ1) is 6.20. The van der Waals surface area contributed by atoms with Crippen molar-refractivity contribution in [2.24, 2.45) is 4.99 Å². The van der Waals surface area contributed by atoms with Crippen molar-refractivity contribution >= 4 is 32.8 Å². The van der Waals surface area contributed by atoms with Crippen LogP contribution in [0.4, 0.5) is 5.69 Å². The van der Waals surface area contributed by atoms with E-state index in [0.29, 0.717) is 11.4 Å². The molecule has 0 bridgehead atoms. The molecule has 0 unspecified atom stereocenters. The summed E-state index contributed by atoms with van der Waals surface area (Å²) in [6.45, 7) is 7.27. The van der Waals surface area contributed by atoms with E-state index in [1.807, 2.05) is 18.2 Å². The van der Waals surface area contributed by atoms with E-state index in [9.17, 15) is 0 Å². The minimum Gasteiger partial charge on any atom is -0.494 e. The Bertz CT molecular complexity index is 347. The first kappa shape index (κ1) is 9.99. The van der Waals surface area contributed by atoms with Crippen LogP contribution in [0.1, 0.15) is 5.56 Å². The highest BCUT2D eigenvalue weighted by molar-refractivity contribution is 9.15. The predicted molar refractivity (Wildman–Crippen MR) is 60.2 cm³/mol. The quantitative estimate of drug-likeness (QED) is 0.742. The molecule has 68 valence electrons. The molecule has 0 radical (unpaired) electrons.